The van der Waals surface area contributed by atoms with Crippen molar-refractivity contribution in [1.29, 1.82) is 0 Å². The lowest BCUT2D eigenvalue weighted by Crippen LogP contribution is -2.60. The van der Waals surface area contributed by atoms with Gasteiger partial charge in [0, 0.05) is 43.2 Å². The van der Waals surface area contributed by atoms with Crippen molar-refractivity contribution < 1.29 is 40.9 Å². The maximum absolute atomic E-state index is 17.0. The Hall–Kier alpha value is -4.11. The van der Waals surface area contributed by atoms with Crippen molar-refractivity contribution in [2.24, 2.45) is 0 Å². The lowest BCUT2D eigenvalue weighted by molar-refractivity contribution is -0.127. The second kappa shape index (κ2) is 11.8. The van der Waals surface area contributed by atoms with Crippen LogP contribution in [0.4, 0.5) is 32.2 Å². The van der Waals surface area contributed by atoms with Crippen molar-refractivity contribution in [1.82, 2.24) is 25.2 Å². The first-order chi connectivity index (χ1) is 23.4. The van der Waals surface area contributed by atoms with Crippen LogP contribution in [0.15, 0.2) is 24.3 Å². The number of phenolic OH excluding ortho intramolecular Hbond substituents is 1. The molecule has 0 unspecified atom stereocenters. The van der Waals surface area contributed by atoms with Crippen LogP contribution in [0.2, 0.25) is 0 Å². The highest BCUT2D eigenvalue weighted by Gasteiger charge is 2.49. The summed E-state index contributed by atoms with van der Waals surface area (Å²) in [6.07, 6.45) is -4.74. The first-order valence-corrected chi connectivity index (χ1v) is 16.5. The van der Waals surface area contributed by atoms with Gasteiger partial charge in [-0.15, -0.1) is 0 Å². The number of piperazine rings is 1. The number of alkyl halides is 4. The Morgan fingerprint density at radius 2 is 1.96 bits per heavy atom. The minimum absolute atomic E-state index is 0.0180. The van der Waals surface area contributed by atoms with Crippen LogP contribution in [-0.4, -0.2) is 94.3 Å². The molecule has 2 aromatic carbocycles. The van der Waals surface area contributed by atoms with Gasteiger partial charge in [0.1, 0.15) is 53.4 Å². The maximum Gasteiger partial charge on any atom is 0.393 e. The Bertz CT molecular complexity index is 1960. The molecule has 0 amide bonds. The van der Waals surface area contributed by atoms with Gasteiger partial charge >= 0.3 is 12.2 Å². The Kier molecular flexibility index (Phi) is 7.70. The Morgan fingerprint density at radius 3 is 2.76 bits per heavy atom. The summed E-state index contributed by atoms with van der Waals surface area (Å²) in [4.78, 5) is 17.8. The first kappa shape index (κ1) is 32.1. The molecule has 0 bridgehead atoms. The molecule has 6 heterocycles. The Balaban J connectivity index is 1.33. The van der Waals surface area contributed by atoms with Gasteiger partial charge in [-0.2, -0.15) is 23.1 Å². The van der Waals surface area contributed by atoms with Crippen LogP contribution in [0.3, 0.4) is 0 Å². The van der Waals surface area contributed by atoms with Gasteiger partial charge in [-0.25, -0.2) is 18.2 Å². The fourth-order valence-corrected chi connectivity index (χ4v) is 8.31. The zero-order valence-electron chi connectivity index (χ0n) is 26.6. The van der Waals surface area contributed by atoms with E-state index in [2.05, 4.69) is 20.2 Å². The lowest BCUT2D eigenvalue weighted by atomic mass is 9.94. The zero-order chi connectivity index (χ0) is 34.2. The third-order valence-electron chi connectivity index (χ3n) is 10.5. The summed E-state index contributed by atoms with van der Waals surface area (Å²) >= 11 is 0. The topological polar surface area (TPSA) is 95.9 Å². The normalized spacial score (nSPS) is 25.4. The SMILES string of the molecule is CC[C@@H]1NCCN2c3nc(OC[C@@]45CCCN4C[C@H](F)C5)nc4c(F)c(-c5cc(O)cc6ccc(F)c(CC(F)(F)F)c56)nc(c34)OC[C@H]12. The number of hydrogen-bond acceptors (Lipinski definition) is 9. The predicted molar refractivity (Wildman–Crippen MR) is 169 cm³/mol. The van der Waals surface area contributed by atoms with Crippen LogP contribution in [0.5, 0.6) is 17.6 Å². The van der Waals surface area contributed by atoms with Crippen LogP contribution in [-0.2, 0) is 6.42 Å². The number of nitrogens with one attached hydrogen (secondary N) is 1. The Labute approximate surface area is 277 Å². The number of aromatic hydroxyl groups is 1. The largest absolute Gasteiger partial charge is 0.508 e. The molecule has 2 aromatic heterocycles. The van der Waals surface area contributed by atoms with E-state index in [1.165, 1.54) is 12.1 Å². The highest BCUT2D eigenvalue weighted by Crippen LogP contribution is 2.45. The molecule has 4 aliphatic heterocycles. The number of rotatable bonds is 6. The van der Waals surface area contributed by atoms with Crippen molar-refractivity contribution in [2.45, 2.75) is 69.0 Å². The molecule has 260 valence electrons. The van der Waals surface area contributed by atoms with Crippen molar-refractivity contribution in [2.75, 3.05) is 44.3 Å². The molecular formula is C34H34F6N6O3. The van der Waals surface area contributed by atoms with E-state index in [4.69, 9.17) is 14.5 Å². The zero-order valence-corrected chi connectivity index (χ0v) is 26.6. The van der Waals surface area contributed by atoms with E-state index in [0.29, 0.717) is 31.9 Å². The highest BCUT2D eigenvalue weighted by atomic mass is 19.4. The number of phenols is 1. The van der Waals surface area contributed by atoms with Crippen LogP contribution < -0.4 is 19.7 Å². The summed E-state index contributed by atoms with van der Waals surface area (Å²) < 4.78 is 100. The summed E-state index contributed by atoms with van der Waals surface area (Å²) in [7, 11) is 0. The summed E-state index contributed by atoms with van der Waals surface area (Å²) in [5, 5.41) is 14.1. The van der Waals surface area contributed by atoms with Gasteiger partial charge in [0.2, 0.25) is 5.88 Å². The maximum atomic E-state index is 17.0. The molecular weight excluding hydrogens is 654 g/mol. The van der Waals surface area contributed by atoms with Crippen LogP contribution in [0.1, 0.15) is 38.2 Å². The van der Waals surface area contributed by atoms with Gasteiger partial charge in [0.25, 0.3) is 0 Å². The quantitative estimate of drug-likeness (QED) is 0.243. The third kappa shape index (κ3) is 5.45. The number of aromatic nitrogens is 3. The van der Waals surface area contributed by atoms with E-state index in [1.54, 1.807) is 0 Å². The summed E-state index contributed by atoms with van der Waals surface area (Å²) in [6, 6.07) is 3.93. The molecule has 8 rings (SSSR count). The molecule has 4 aromatic rings. The number of hydrogen-bond donors (Lipinski definition) is 2. The Morgan fingerprint density at radius 1 is 1.12 bits per heavy atom. The number of fused-ring (bicyclic) bond motifs is 4. The summed E-state index contributed by atoms with van der Waals surface area (Å²) in [6.45, 7) is 4.39. The van der Waals surface area contributed by atoms with Gasteiger partial charge in [-0.3, -0.25) is 4.90 Å². The molecule has 0 saturated carbocycles. The second-order valence-electron chi connectivity index (χ2n) is 13.4. The third-order valence-corrected chi connectivity index (χ3v) is 10.5. The molecule has 3 fully saturated rings. The van der Waals surface area contributed by atoms with Crippen molar-refractivity contribution in [3.8, 4) is 28.9 Å². The number of anilines is 1. The van der Waals surface area contributed by atoms with E-state index in [1.807, 2.05) is 11.8 Å². The molecule has 4 aliphatic rings. The molecule has 0 aliphatic carbocycles. The van der Waals surface area contributed by atoms with E-state index >= 15 is 8.78 Å². The van der Waals surface area contributed by atoms with Gasteiger partial charge in [0.05, 0.1) is 18.0 Å². The molecule has 49 heavy (non-hydrogen) atoms. The van der Waals surface area contributed by atoms with Gasteiger partial charge in [-0.1, -0.05) is 13.0 Å². The molecule has 0 radical (unpaired) electrons. The number of benzene rings is 2. The van der Waals surface area contributed by atoms with Gasteiger partial charge in [-0.05, 0) is 54.8 Å². The first-order valence-electron chi connectivity index (χ1n) is 16.5. The number of ether oxygens (including phenoxy) is 2. The van der Waals surface area contributed by atoms with E-state index in [9.17, 15) is 22.7 Å². The fraction of sp³-hybridized carbons (Fsp3) is 0.500. The number of nitrogens with zero attached hydrogens (tertiary/aromatic N) is 5. The second-order valence-corrected chi connectivity index (χ2v) is 13.4. The van der Waals surface area contributed by atoms with E-state index in [0.717, 1.165) is 37.9 Å². The molecule has 2 N–H and O–H groups in total. The van der Waals surface area contributed by atoms with Crippen molar-refractivity contribution >= 4 is 27.5 Å². The van der Waals surface area contributed by atoms with E-state index < -0.39 is 47.2 Å². The average Bonchev–Trinajstić information content (AvgIpc) is 3.53. The highest BCUT2D eigenvalue weighted by molar-refractivity contribution is 6.03. The van der Waals surface area contributed by atoms with Crippen LogP contribution in [0.25, 0.3) is 32.9 Å². The van der Waals surface area contributed by atoms with Crippen molar-refractivity contribution in [3.05, 3.63) is 41.5 Å². The average molecular weight is 689 g/mol. The number of halogens is 6. The lowest BCUT2D eigenvalue weighted by Gasteiger charge is -2.41. The fourth-order valence-electron chi connectivity index (χ4n) is 8.31. The molecule has 3 saturated heterocycles. The standard InChI is InChI=1S/C34H34F6N6O3/c1-2-23-24-15-48-31-26-29(27(37)28(42-31)20-11-19(47)10-17-4-5-22(36)21(25(17)20)13-34(38,39)40)43-32(44-30(26)46(24)9-7-41-23)49-16-33-6-3-8-45(33)14-18(35)12-33/h4-5,10-11,18,23-24,41,47H,2-3,6-9,12-16H2,1H3/t18-,23+,24-,33+/m1/s1. The number of pyridine rings is 1. The smallest absolute Gasteiger partial charge is 0.393 e. The van der Waals surface area contributed by atoms with Crippen LogP contribution in [0, 0.1) is 11.6 Å². The van der Waals surface area contributed by atoms with Crippen molar-refractivity contribution in [3.63, 3.8) is 0 Å². The monoisotopic (exact) mass is 688 g/mol. The molecule has 0 spiro atoms. The molecule has 4 atom stereocenters. The van der Waals surface area contributed by atoms with Gasteiger partial charge in [0.15, 0.2) is 5.82 Å². The summed E-state index contributed by atoms with van der Waals surface area (Å²) in [5.74, 6) is -2.28. The molecule has 15 heteroatoms. The minimum atomic E-state index is -4.79. The molecule has 9 nitrogen and oxygen atoms in total. The predicted octanol–water partition coefficient (Wildman–Crippen LogP) is 5.84. The van der Waals surface area contributed by atoms with Crippen LogP contribution >= 0.6 is 0 Å². The van der Waals surface area contributed by atoms with Gasteiger partial charge < -0.3 is 24.8 Å². The minimum Gasteiger partial charge on any atom is -0.508 e. The summed E-state index contributed by atoms with van der Waals surface area (Å²) in [5.41, 5.74) is -2.24. The van der Waals surface area contributed by atoms with E-state index in [-0.39, 0.29) is 70.2 Å².